The fraction of sp³-hybridized carbons (Fsp3) is 0.176. The highest BCUT2D eigenvalue weighted by Crippen LogP contribution is 2.36. The van der Waals surface area contributed by atoms with Gasteiger partial charge in [0.1, 0.15) is 0 Å². The second-order valence-corrected chi connectivity index (χ2v) is 6.44. The van der Waals surface area contributed by atoms with Gasteiger partial charge in [-0.05, 0) is 45.8 Å². The van der Waals surface area contributed by atoms with Gasteiger partial charge in [-0.3, -0.25) is 0 Å². The molecule has 0 fully saturated rings. The summed E-state index contributed by atoms with van der Waals surface area (Å²) < 4.78 is 13.8. The van der Waals surface area contributed by atoms with Crippen molar-refractivity contribution in [2.45, 2.75) is 6.54 Å². The lowest BCUT2D eigenvalue weighted by Crippen LogP contribution is -2.16. The Morgan fingerprint density at radius 2 is 1.96 bits per heavy atom. The maximum absolute atomic E-state index is 5.38. The largest absolute Gasteiger partial charge is 0.493 e. The van der Waals surface area contributed by atoms with Crippen LogP contribution >= 0.6 is 28.1 Å². The van der Waals surface area contributed by atoms with Crippen LogP contribution in [0.2, 0.25) is 0 Å². The number of hydrogen-bond acceptors (Lipinski definition) is 5. The third-order valence-corrected chi connectivity index (χ3v) is 4.50. The number of nitrogens with zero attached hydrogens (tertiary/aromatic N) is 2. The van der Waals surface area contributed by atoms with E-state index in [1.807, 2.05) is 42.5 Å². The summed E-state index contributed by atoms with van der Waals surface area (Å²) >= 11 is 8.84. The van der Waals surface area contributed by atoms with Gasteiger partial charge >= 0.3 is 0 Å². The molecule has 0 saturated heterocycles. The average Bonchev–Trinajstić information content (AvgIpc) is 3.00. The van der Waals surface area contributed by atoms with Gasteiger partial charge in [-0.1, -0.05) is 30.3 Å². The lowest BCUT2D eigenvalue weighted by Gasteiger charge is -2.14. The van der Waals surface area contributed by atoms with Gasteiger partial charge in [0.25, 0.3) is 0 Å². The van der Waals surface area contributed by atoms with Crippen LogP contribution < -0.4 is 14.9 Å². The second kappa shape index (κ2) is 7.71. The number of aromatic amines is 1. The lowest BCUT2D eigenvalue weighted by atomic mass is 10.2. The molecule has 0 atom stereocenters. The summed E-state index contributed by atoms with van der Waals surface area (Å²) in [5.74, 6) is 2.05. The molecule has 0 amide bonds. The van der Waals surface area contributed by atoms with Crippen molar-refractivity contribution in [3.63, 3.8) is 0 Å². The highest BCUT2D eigenvalue weighted by molar-refractivity contribution is 9.10. The molecule has 8 heteroatoms. The third kappa shape index (κ3) is 3.69. The van der Waals surface area contributed by atoms with Crippen LogP contribution in [0.4, 0.5) is 0 Å². The smallest absolute Gasteiger partial charge is 0.214 e. The molecule has 0 spiro atoms. The predicted molar refractivity (Wildman–Crippen MR) is 103 cm³/mol. The minimum absolute atomic E-state index is 0.499. The molecule has 1 aromatic heterocycles. The molecule has 3 rings (SSSR count). The van der Waals surface area contributed by atoms with E-state index in [4.69, 9.17) is 21.7 Å². The minimum Gasteiger partial charge on any atom is -0.493 e. The van der Waals surface area contributed by atoms with Crippen molar-refractivity contribution in [3.05, 3.63) is 57.3 Å². The Bertz CT molecular complexity index is 924. The number of methoxy groups -OCH3 is 2. The SMILES string of the molecule is COc1cc(CNn2c(-c3ccccc3)n[nH]c2=S)cc(Br)c1OC. The first-order chi connectivity index (χ1) is 12.1. The van der Waals surface area contributed by atoms with Crippen molar-refractivity contribution in [3.8, 4) is 22.9 Å². The van der Waals surface area contributed by atoms with Gasteiger partial charge in [0.2, 0.25) is 4.77 Å². The van der Waals surface area contributed by atoms with E-state index >= 15 is 0 Å². The van der Waals surface area contributed by atoms with Crippen LogP contribution in [0.25, 0.3) is 11.4 Å². The highest BCUT2D eigenvalue weighted by Gasteiger charge is 2.12. The summed E-state index contributed by atoms with van der Waals surface area (Å²) in [5.41, 5.74) is 5.27. The molecule has 2 aromatic carbocycles. The number of rotatable bonds is 6. The van der Waals surface area contributed by atoms with E-state index in [0.717, 1.165) is 21.4 Å². The maximum atomic E-state index is 5.38. The topological polar surface area (TPSA) is 64.1 Å². The van der Waals surface area contributed by atoms with Gasteiger partial charge in [0, 0.05) is 5.56 Å². The first kappa shape index (κ1) is 17.5. The molecular formula is C17H17BrN4O2S. The molecule has 130 valence electrons. The van der Waals surface area contributed by atoms with Crippen LogP contribution in [0.3, 0.4) is 0 Å². The van der Waals surface area contributed by atoms with Crippen molar-refractivity contribution < 1.29 is 9.47 Å². The standard InChI is InChI=1S/C17H17BrN4O2S/c1-23-14-9-11(8-13(18)15(14)24-2)10-19-22-16(20-21-17(22)25)12-6-4-3-5-7-12/h3-9,19H,10H2,1-2H3,(H,21,25). The molecule has 0 aliphatic heterocycles. The van der Waals surface area contributed by atoms with Crippen LogP contribution in [0, 0.1) is 4.77 Å². The monoisotopic (exact) mass is 420 g/mol. The van der Waals surface area contributed by atoms with E-state index in [9.17, 15) is 0 Å². The van der Waals surface area contributed by atoms with Crippen molar-refractivity contribution in [1.82, 2.24) is 14.9 Å². The van der Waals surface area contributed by atoms with Crippen molar-refractivity contribution in [2.75, 3.05) is 19.6 Å². The Kier molecular flexibility index (Phi) is 5.40. The van der Waals surface area contributed by atoms with Crippen LogP contribution in [-0.4, -0.2) is 29.1 Å². The summed E-state index contributed by atoms with van der Waals surface area (Å²) in [6.07, 6.45) is 0. The maximum Gasteiger partial charge on any atom is 0.214 e. The summed E-state index contributed by atoms with van der Waals surface area (Å²) in [4.78, 5) is 0. The fourth-order valence-electron chi connectivity index (χ4n) is 2.47. The number of benzene rings is 2. The van der Waals surface area contributed by atoms with Crippen LogP contribution in [0.5, 0.6) is 11.5 Å². The fourth-order valence-corrected chi connectivity index (χ4v) is 3.32. The zero-order valence-corrected chi connectivity index (χ0v) is 16.1. The Hall–Kier alpha value is -2.32. The van der Waals surface area contributed by atoms with E-state index < -0.39 is 0 Å². The van der Waals surface area contributed by atoms with Crippen LogP contribution in [0.1, 0.15) is 5.56 Å². The van der Waals surface area contributed by atoms with Crippen molar-refractivity contribution in [1.29, 1.82) is 0 Å². The van der Waals surface area contributed by atoms with Gasteiger partial charge in [-0.15, -0.1) is 0 Å². The summed E-state index contributed by atoms with van der Waals surface area (Å²) in [6.45, 7) is 0.534. The number of hydrogen-bond donors (Lipinski definition) is 2. The Balaban J connectivity index is 1.87. The third-order valence-electron chi connectivity index (χ3n) is 3.64. The van der Waals surface area contributed by atoms with E-state index in [2.05, 4.69) is 31.6 Å². The number of ether oxygens (including phenoxy) is 2. The highest BCUT2D eigenvalue weighted by atomic mass is 79.9. The molecule has 0 saturated carbocycles. The minimum atomic E-state index is 0.499. The molecule has 0 unspecified atom stereocenters. The number of H-pyrrole nitrogens is 1. The number of halogens is 1. The van der Waals surface area contributed by atoms with Crippen molar-refractivity contribution >= 4 is 28.1 Å². The zero-order valence-electron chi connectivity index (χ0n) is 13.7. The second-order valence-electron chi connectivity index (χ2n) is 5.20. The quantitative estimate of drug-likeness (QED) is 0.586. The summed E-state index contributed by atoms with van der Waals surface area (Å²) in [7, 11) is 3.22. The Labute approximate surface area is 158 Å². The molecule has 6 nitrogen and oxygen atoms in total. The molecule has 2 N–H and O–H groups in total. The first-order valence-electron chi connectivity index (χ1n) is 7.51. The van der Waals surface area contributed by atoms with Gasteiger partial charge in [0.05, 0.1) is 25.2 Å². The normalized spacial score (nSPS) is 10.5. The molecule has 3 aromatic rings. The molecule has 0 radical (unpaired) electrons. The molecular weight excluding hydrogens is 404 g/mol. The predicted octanol–water partition coefficient (Wildman–Crippen LogP) is 4.13. The molecule has 1 heterocycles. The first-order valence-corrected chi connectivity index (χ1v) is 8.71. The molecule has 0 aliphatic rings. The Morgan fingerprint density at radius 3 is 2.64 bits per heavy atom. The van der Waals surface area contributed by atoms with Gasteiger partial charge < -0.3 is 14.9 Å². The van der Waals surface area contributed by atoms with E-state index in [-0.39, 0.29) is 0 Å². The van der Waals surface area contributed by atoms with Crippen molar-refractivity contribution in [2.24, 2.45) is 0 Å². The lowest BCUT2D eigenvalue weighted by molar-refractivity contribution is 0.352. The van der Waals surface area contributed by atoms with E-state index in [1.54, 1.807) is 18.9 Å². The molecule has 0 bridgehead atoms. The van der Waals surface area contributed by atoms with Gasteiger partial charge in [0.15, 0.2) is 17.3 Å². The van der Waals surface area contributed by atoms with Gasteiger partial charge in [-0.2, -0.15) is 5.10 Å². The van der Waals surface area contributed by atoms with E-state index in [1.165, 1.54) is 0 Å². The number of aromatic nitrogens is 3. The molecule has 0 aliphatic carbocycles. The Morgan fingerprint density at radius 1 is 1.20 bits per heavy atom. The van der Waals surface area contributed by atoms with Crippen LogP contribution in [0.15, 0.2) is 46.9 Å². The molecule has 25 heavy (non-hydrogen) atoms. The summed E-state index contributed by atoms with van der Waals surface area (Å²) in [5, 5.41) is 7.13. The number of nitrogens with one attached hydrogen (secondary N) is 2. The van der Waals surface area contributed by atoms with Crippen LogP contribution in [-0.2, 0) is 6.54 Å². The summed E-state index contributed by atoms with van der Waals surface area (Å²) in [6, 6.07) is 13.7. The average molecular weight is 421 g/mol. The van der Waals surface area contributed by atoms with Gasteiger partial charge in [-0.25, -0.2) is 9.77 Å². The zero-order chi connectivity index (χ0) is 17.8. The van der Waals surface area contributed by atoms with E-state index in [0.29, 0.717) is 22.8 Å².